The fourth-order valence-electron chi connectivity index (χ4n) is 2.44. The predicted molar refractivity (Wildman–Crippen MR) is 93.5 cm³/mol. The van der Waals surface area contributed by atoms with Gasteiger partial charge < -0.3 is 16.0 Å². The summed E-state index contributed by atoms with van der Waals surface area (Å²) >= 11 is 0. The van der Waals surface area contributed by atoms with E-state index in [9.17, 15) is 4.79 Å². The van der Waals surface area contributed by atoms with E-state index in [2.05, 4.69) is 24.1 Å². The average Bonchev–Trinajstić information content (AvgIpc) is 2.52. The highest BCUT2D eigenvalue weighted by Crippen LogP contribution is 2.20. The molecule has 0 spiro atoms. The minimum Gasteiger partial charge on any atom is -0.398 e. The van der Waals surface area contributed by atoms with Gasteiger partial charge in [0.2, 0.25) is 0 Å². The largest absolute Gasteiger partial charge is 0.398 e. The maximum atomic E-state index is 12.3. The van der Waals surface area contributed by atoms with Crippen LogP contribution in [0.1, 0.15) is 29.8 Å². The van der Waals surface area contributed by atoms with Crippen LogP contribution >= 0.6 is 0 Å². The number of nitrogens with zero attached hydrogens (tertiary/aromatic N) is 1. The lowest BCUT2D eigenvalue weighted by Gasteiger charge is -2.21. The molecule has 0 bridgehead atoms. The van der Waals surface area contributed by atoms with Gasteiger partial charge >= 0.3 is 0 Å². The van der Waals surface area contributed by atoms with Crippen LogP contribution in [0.25, 0.3) is 0 Å². The fraction of sp³-hybridized carbons (Fsp3) is 0.278. The molecule has 0 saturated heterocycles. The van der Waals surface area contributed by atoms with Gasteiger partial charge in [-0.2, -0.15) is 0 Å². The number of carbonyl (C=O) groups is 1. The second kappa shape index (κ2) is 6.98. The minimum absolute atomic E-state index is 0.139. The zero-order chi connectivity index (χ0) is 16.1. The number of hydrogen-bond acceptors (Lipinski definition) is 3. The molecule has 0 aliphatic heterocycles. The van der Waals surface area contributed by atoms with Crippen LogP contribution in [0.3, 0.4) is 0 Å². The summed E-state index contributed by atoms with van der Waals surface area (Å²) in [5.74, 6) is -0.139. The van der Waals surface area contributed by atoms with Crippen LogP contribution in [0.15, 0.2) is 42.5 Å². The van der Waals surface area contributed by atoms with Crippen LogP contribution in [-0.2, 0) is 0 Å². The summed E-state index contributed by atoms with van der Waals surface area (Å²) in [6, 6.07) is 13.3. The van der Waals surface area contributed by atoms with Gasteiger partial charge in [-0.3, -0.25) is 4.79 Å². The molecule has 2 rings (SSSR count). The van der Waals surface area contributed by atoms with Crippen LogP contribution in [0.4, 0.5) is 17.1 Å². The number of nitrogens with two attached hydrogens (primary N) is 1. The molecule has 3 N–H and O–H groups in total. The van der Waals surface area contributed by atoms with Crippen LogP contribution < -0.4 is 16.0 Å². The zero-order valence-corrected chi connectivity index (χ0v) is 13.4. The van der Waals surface area contributed by atoms with E-state index in [1.807, 2.05) is 31.2 Å². The molecule has 2 aromatic rings. The average molecular weight is 297 g/mol. The summed E-state index contributed by atoms with van der Waals surface area (Å²) in [7, 11) is 0. The van der Waals surface area contributed by atoms with E-state index in [1.54, 1.807) is 18.2 Å². The Labute approximate surface area is 131 Å². The van der Waals surface area contributed by atoms with Crippen LogP contribution in [0.5, 0.6) is 0 Å². The number of nitrogens with one attached hydrogen (secondary N) is 1. The van der Waals surface area contributed by atoms with Crippen molar-refractivity contribution in [3.05, 3.63) is 53.6 Å². The highest BCUT2D eigenvalue weighted by atomic mass is 16.1. The monoisotopic (exact) mass is 297 g/mol. The molecule has 116 valence electrons. The van der Waals surface area contributed by atoms with Crippen molar-refractivity contribution in [2.75, 3.05) is 29.0 Å². The highest BCUT2D eigenvalue weighted by molar-refractivity contribution is 6.06. The minimum atomic E-state index is -0.139. The molecule has 1 amide bonds. The van der Waals surface area contributed by atoms with Gasteiger partial charge in [0, 0.05) is 35.7 Å². The molecule has 4 heteroatoms. The first kappa shape index (κ1) is 15.9. The first-order valence-corrected chi connectivity index (χ1v) is 7.58. The molecule has 0 atom stereocenters. The summed E-state index contributed by atoms with van der Waals surface area (Å²) in [5.41, 5.74) is 9.83. The van der Waals surface area contributed by atoms with Crippen LogP contribution in [-0.4, -0.2) is 19.0 Å². The fourth-order valence-corrected chi connectivity index (χ4v) is 2.44. The summed E-state index contributed by atoms with van der Waals surface area (Å²) in [5, 5.41) is 2.92. The van der Waals surface area contributed by atoms with Gasteiger partial charge in [0.05, 0.1) is 0 Å². The molecule has 0 unspecified atom stereocenters. The Bertz CT molecular complexity index is 646. The van der Waals surface area contributed by atoms with E-state index in [0.29, 0.717) is 11.3 Å². The molecular weight excluding hydrogens is 274 g/mol. The lowest BCUT2D eigenvalue weighted by molar-refractivity contribution is 0.102. The standard InChI is InChI=1S/C18H23N3O/c1-4-21(5-2)15-11-9-14(10-12-15)20-18(22)16-7-6-8-17(19)13(16)3/h6-12H,4-5,19H2,1-3H3,(H,20,22). The second-order valence-electron chi connectivity index (χ2n) is 5.19. The molecule has 0 fully saturated rings. The smallest absolute Gasteiger partial charge is 0.256 e. The Hall–Kier alpha value is -2.49. The third-order valence-corrected chi connectivity index (χ3v) is 3.87. The molecule has 0 saturated carbocycles. The van der Waals surface area contributed by atoms with Crippen molar-refractivity contribution in [3.63, 3.8) is 0 Å². The number of amides is 1. The number of anilines is 3. The van der Waals surface area contributed by atoms with Crippen molar-refractivity contribution < 1.29 is 4.79 Å². The Kier molecular flexibility index (Phi) is 5.04. The highest BCUT2D eigenvalue weighted by Gasteiger charge is 2.11. The normalized spacial score (nSPS) is 10.3. The first-order chi connectivity index (χ1) is 10.6. The van der Waals surface area contributed by atoms with Crippen molar-refractivity contribution >= 4 is 23.0 Å². The summed E-state index contributed by atoms with van der Waals surface area (Å²) < 4.78 is 0. The van der Waals surface area contributed by atoms with E-state index in [0.717, 1.165) is 30.0 Å². The Morgan fingerprint density at radius 3 is 2.32 bits per heavy atom. The number of benzene rings is 2. The topological polar surface area (TPSA) is 58.4 Å². The molecule has 0 aliphatic carbocycles. The molecular formula is C18H23N3O. The summed E-state index contributed by atoms with van der Waals surface area (Å²) in [4.78, 5) is 14.6. The van der Waals surface area contributed by atoms with E-state index in [4.69, 9.17) is 5.73 Å². The SMILES string of the molecule is CCN(CC)c1ccc(NC(=O)c2cccc(N)c2C)cc1. The second-order valence-corrected chi connectivity index (χ2v) is 5.19. The molecule has 0 heterocycles. The Morgan fingerprint density at radius 1 is 1.09 bits per heavy atom. The quantitative estimate of drug-likeness (QED) is 0.828. The van der Waals surface area contributed by atoms with Gasteiger partial charge in [-0.25, -0.2) is 0 Å². The van der Waals surface area contributed by atoms with Crippen molar-refractivity contribution in [2.24, 2.45) is 0 Å². The van der Waals surface area contributed by atoms with E-state index in [1.165, 1.54) is 0 Å². The van der Waals surface area contributed by atoms with Crippen LogP contribution in [0, 0.1) is 6.92 Å². The maximum absolute atomic E-state index is 12.3. The van der Waals surface area contributed by atoms with Gasteiger partial charge in [0.1, 0.15) is 0 Å². The number of rotatable bonds is 5. The number of hydrogen-bond donors (Lipinski definition) is 2. The zero-order valence-electron chi connectivity index (χ0n) is 13.4. The molecule has 0 aliphatic rings. The van der Waals surface area contributed by atoms with Gasteiger partial charge in [0.25, 0.3) is 5.91 Å². The lowest BCUT2D eigenvalue weighted by Crippen LogP contribution is -2.21. The van der Waals surface area contributed by atoms with Gasteiger partial charge in [0.15, 0.2) is 0 Å². The molecule has 22 heavy (non-hydrogen) atoms. The third kappa shape index (κ3) is 3.39. The molecule has 0 radical (unpaired) electrons. The summed E-state index contributed by atoms with van der Waals surface area (Å²) in [6.07, 6.45) is 0. The molecule has 4 nitrogen and oxygen atoms in total. The van der Waals surface area contributed by atoms with Crippen molar-refractivity contribution in [1.82, 2.24) is 0 Å². The molecule has 2 aromatic carbocycles. The summed E-state index contributed by atoms with van der Waals surface area (Å²) in [6.45, 7) is 8.03. The van der Waals surface area contributed by atoms with Crippen LogP contribution in [0.2, 0.25) is 0 Å². The van der Waals surface area contributed by atoms with Crippen molar-refractivity contribution in [3.8, 4) is 0 Å². The van der Waals surface area contributed by atoms with E-state index < -0.39 is 0 Å². The molecule has 0 aromatic heterocycles. The first-order valence-electron chi connectivity index (χ1n) is 7.58. The van der Waals surface area contributed by atoms with E-state index in [-0.39, 0.29) is 5.91 Å². The van der Waals surface area contributed by atoms with Gasteiger partial charge in [-0.05, 0) is 62.7 Å². The predicted octanol–water partition coefficient (Wildman–Crippen LogP) is 3.68. The number of carbonyl (C=O) groups excluding carboxylic acids is 1. The van der Waals surface area contributed by atoms with Crippen molar-refractivity contribution in [1.29, 1.82) is 0 Å². The lowest BCUT2D eigenvalue weighted by atomic mass is 10.1. The maximum Gasteiger partial charge on any atom is 0.256 e. The Morgan fingerprint density at radius 2 is 1.73 bits per heavy atom. The van der Waals surface area contributed by atoms with Gasteiger partial charge in [-0.1, -0.05) is 6.07 Å². The Balaban J connectivity index is 2.14. The van der Waals surface area contributed by atoms with Gasteiger partial charge in [-0.15, -0.1) is 0 Å². The number of nitrogen functional groups attached to an aromatic ring is 1. The van der Waals surface area contributed by atoms with Crippen molar-refractivity contribution in [2.45, 2.75) is 20.8 Å². The van der Waals surface area contributed by atoms with E-state index >= 15 is 0 Å². The third-order valence-electron chi connectivity index (χ3n) is 3.87.